The molecule has 0 unspecified atom stereocenters. The van der Waals surface area contributed by atoms with Crippen molar-refractivity contribution < 1.29 is 4.74 Å². The van der Waals surface area contributed by atoms with Crippen LogP contribution in [0.4, 0.5) is 5.82 Å². The average molecular weight is 417 g/mol. The van der Waals surface area contributed by atoms with Crippen LogP contribution in [-0.4, -0.2) is 51.3 Å². The molecule has 1 saturated heterocycles. The third kappa shape index (κ3) is 3.07. The molecule has 7 nitrogen and oxygen atoms in total. The van der Waals surface area contributed by atoms with Crippen LogP contribution in [0.15, 0.2) is 22.7 Å². The van der Waals surface area contributed by atoms with Gasteiger partial charge in [-0.2, -0.15) is 4.68 Å². The number of ether oxygens (including phenoxy) is 1. The number of halogens is 1. The van der Waals surface area contributed by atoms with Crippen LogP contribution in [0.1, 0.15) is 31.2 Å². The Kier molecular flexibility index (Phi) is 4.62. The smallest absolute Gasteiger partial charge is 0.189 e. The summed E-state index contributed by atoms with van der Waals surface area (Å²) in [5.41, 5.74) is 3.63. The number of hydrogen-bond acceptors (Lipinski definition) is 6. The fourth-order valence-corrected chi connectivity index (χ4v) is 3.68. The molecule has 1 aliphatic rings. The second-order valence-corrected chi connectivity index (χ2v) is 7.59. The van der Waals surface area contributed by atoms with Crippen LogP contribution in [0.5, 0.6) is 0 Å². The summed E-state index contributed by atoms with van der Waals surface area (Å²) in [6, 6.07) is 6.30. The minimum Gasteiger partial charge on any atom is -0.378 e. The van der Waals surface area contributed by atoms with E-state index >= 15 is 0 Å². The molecule has 136 valence electrons. The van der Waals surface area contributed by atoms with E-state index in [0.717, 1.165) is 40.2 Å². The van der Waals surface area contributed by atoms with E-state index < -0.39 is 0 Å². The van der Waals surface area contributed by atoms with Gasteiger partial charge >= 0.3 is 0 Å². The molecule has 2 aromatic heterocycles. The summed E-state index contributed by atoms with van der Waals surface area (Å²) in [4.78, 5) is 11.4. The normalized spacial score (nSPS) is 15.2. The second-order valence-electron chi connectivity index (χ2n) is 6.73. The van der Waals surface area contributed by atoms with Gasteiger partial charge in [-0.15, -0.1) is 5.10 Å². The van der Waals surface area contributed by atoms with Gasteiger partial charge in [0.1, 0.15) is 5.82 Å². The molecule has 1 aliphatic heterocycles. The maximum absolute atomic E-state index is 5.45. The van der Waals surface area contributed by atoms with Gasteiger partial charge in [-0.3, -0.25) is 0 Å². The predicted molar refractivity (Wildman–Crippen MR) is 104 cm³/mol. The van der Waals surface area contributed by atoms with E-state index in [-0.39, 0.29) is 0 Å². The van der Waals surface area contributed by atoms with E-state index in [1.54, 1.807) is 4.68 Å². The molecule has 3 aromatic rings. The molecule has 0 N–H and O–H groups in total. The van der Waals surface area contributed by atoms with Crippen molar-refractivity contribution in [3.05, 3.63) is 34.1 Å². The fourth-order valence-electron chi connectivity index (χ4n) is 3.12. The van der Waals surface area contributed by atoms with E-state index in [1.807, 2.05) is 6.92 Å². The first-order valence-electron chi connectivity index (χ1n) is 8.77. The Bertz CT molecular complexity index is 948. The topological polar surface area (TPSA) is 69.0 Å². The van der Waals surface area contributed by atoms with Crippen LogP contribution in [-0.2, 0) is 4.74 Å². The first kappa shape index (κ1) is 17.4. The third-order valence-electron chi connectivity index (χ3n) is 4.57. The third-order valence-corrected chi connectivity index (χ3v) is 5.21. The van der Waals surface area contributed by atoms with Crippen molar-refractivity contribution in [3.8, 4) is 5.69 Å². The van der Waals surface area contributed by atoms with Gasteiger partial charge in [0.25, 0.3) is 0 Å². The Labute approximate surface area is 160 Å². The van der Waals surface area contributed by atoms with Crippen LogP contribution < -0.4 is 4.90 Å². The molecule has 0 radical (unpaired) electrons. The fraction of sp³-hybridized carbons (Fsp3) is 0.444. The second kappa shape index (κ2) is 6.92. The van der Waals surface area contributed by atoms with E-state index in [0.29, 0.717) is 25.0 Å². The summed E-state index contributed by atoms with van der Waals surface area (Å²) in [5.74, 6) is 2.00. The maximum Gasteiger partial charge on any atom is 0.189 e. The van der Waals surface area contributed by atoms with Gasteiger partial charge < -0.3 is 9.64 Å². The molecule has 0 aliphatic carbocycles. The van der Waals surface area contributed by atoms with E-state index in [9.17, 15) is 0 Å². The van der Waals surface area contributed by atoms with Gasteiger partial charge in [0, 0.05) is 17.6 Å². The minimum absolute atomic E-state index is 0.463. The number of benzene rings is 1. The summed E-state index contributed by atoms with van der Waals surface area (Å²) < 4.78 is 8.20. The standard InChI is InChI=1S/C18H21BrN6O/c1-11(2)13-4-5-15(14(19)10-13)25-18-16(22-23-25)17(20-12(3)21-18)24-6-8-26-9-7-24/h4-5,10-11H,6-9H2,1-3H3. The Morgan fingerprint density at radius 1 is 1.15 bits per heavy atom. The average Bonchev–Trinajstić information content (AvgIpc) is 3.05. The number of aryl methyl sites for hydroxylation is 1. The van der Waals surface area contributed by atoms with Gasteiger partial charge in [-0.05, 0) is 46.5 Å². The Hall–Kier alpha value is -2.06. The van der Waals surface area contributed by atoms with Gasteiger partial charge in [0.2, 0.25) is 0 Å². The Morgan fingerprint density at radius 3 is 2.62 bits per heavy atom. The lowest BCUT2D eigenvalue weighted by molar-refractivity contribution is 0.122. The Morgan fingerprint density at radius 2 is 1.92 bits per heavy atom. The molecule has 1 aromatic carbocycles. The monoisotopic (exact) mass is 416 g/mol. The zero-order valence-corrected chi connectivity index (χ0v) is 16.7. The van der Waals surface area contributed by atoms with Crippen molar-refractivity contribution in [1.82, 2.24) is 25.0 Å². The first-order valence-corrected chi connectivity index (χ1v) is 9.56. The molecule has 1 fully saturated rings. The zero-order valence-electron chi connectivity index (χ0n) is 15.1. The quantitative estimate of drug-likeness (QED) is 0.652. The van der Waals surface area contributed by atoms with Crippen LogP contribution in [0.2, 0.25) is 0 Å². The highest BCUT2D eigenvalue weighted by Crippen LogP contribution is 2.29. The summed E-state index contributed by atoms with van der Waals surface area (Å²) in [7, 11) is 0. The largest absolute Gasteiger partial charge is 0.378 e. The number of nitrogens with zero attached hydrogens (tertiary/aromatic N) is 6. The van der Waals surface area contributed by atoms with Crippen LogP contribution in [0.25, 0.3) is 16.9 Å². The molecule has 3 heterocycles. The molecule has 26 heavy (non-hydrogen) atoms. The summed E-state index contributed by atoms with van der Waals surface area (Å²) in [5, 5.41) is 8.77. The minimum atomic E-state index is 0.463. The highest BCUT2D eigenvalue weighted by molar-refractivity contribution is 9.10. The molecule has 0 bridgehead atoms. The number of aromatic nitrogens is 5. The number of rotatable bonds is 3. The van der Waals surface area contributed by atoms with Crippen LogP contribution in [0, 0.1) is 6.92 Å². The highest BCUT2D eigenvalue weighted by Gasteiger charge is 2.21. The zero-order chi connectivity index (χ0) is 18.3. The van der Waals surface area contributed by atoms with Crippen LogP contribution >= 0.6 is 15.9 Å². The van der Waals surface area contributed by atoms with Crippen molar-refractivity contribution in [2.75, 3.05) is 31.2 Å². The molecule has 0 amide bonds. The summed E-state index contributed by atoms with van der Waals surface area (Å²) in [6.07, 6.45) is 0. The van der Waals surface area contributed by atoms with Gasteiger partial charge in [-0.1, -0.05) is 25.1 Å². The lowest BCUT2D eigenvalue weighted by Gasteiger charge is -2.27. The van der Waals surface area contributed by atoms with Crippen molar-refractivity contribution in [2.45, 2.75) is 26.7 Å². The van der Waals surface area contributed by atoms with Crippen molar-refractivity contribution in [2.24, 2.45) is 0 Å². The SMILES string of the molecule is Cc1nc(N2CCOCC2)c2nnn(-c3ccc(C(C)C)cc3Br)c2n1. The molecule has 8 heteroatoms. The van der Waals surface area contributed by atoms with E-state index in [1.165, 1.54) is 5.56 Å². The van der Waals surface area contributed by atoms with Crippen molar-refractivity contribution in [3.63, 3.8) is 0 Å². The molecule has 0 saturated carbocycles. The molecule has 4 rings (SSSR count). The van der Waals surface area contributed by atoms with Gasteiger partial charge in [0.15, 0.2) is 17.0 Å². The van der Waals surface area contributed by atoms with Crippen molar-refractivity contribution >= 4 is 32.9 Å². The lowest BCUT2D eigenvalue weighted by atomic mass is 10.0. The molecular formula is C18H21BrN6O. The number of hydrogen-bond donors (Lipinski definition) is 0. The lowest BCUT2D eigenvalue weighted by Crippen LogP contribution is -2.37. The van der Waals surface area contributed by atoms with Crippen molar-refractivity contribution in [1.29, 1.82) is 0 Å². The first-order chi connectivity index (χ1) is 12.5. The van der Waals surface area contributed by atoms with E-state index in [4.69, 9.17) is 4.74 Å². The number of morpholine rings is 1. The number of fused-ring (bicyclic) bond motifs is 1. The summed E-state index contributed by atoms with van der Waals surface area (Å²) in [6.45, 7) is 9.24. The van der Waals surface area contributed by atoms with E-state index in [2.05, 4.69) is 73.2 Å². The van der Waals surface area contributed by atoms with Gasteiger partial charge in [-0.25, -0.2) is 9.97 Å². The molecule has 0 spiro atoms. The highest BCUT2D eigenvalue weighted by atomic mass is 79.9. The maximum atomic E-state index is 5.45. The van der Waals surface area contributed by atoms with Gasteiger partial charge in [0.05, 0.1) is 18.9 Å². The number of anilines is 1. The molecular weight excluding hydrogens is 396 g/mol. The summed E-state index contributed by atoms with van der Waals surface area (Å²) >= 11 is 3.68. The molecule has 0 atom stereocenters. The predicted octanol–water partition coefficient (Wildman–Crippen LogP) is 3.24. The Balaban J connectivity index is 1.84. The van der Waals surface area contributed by atoms with Crippen LogP contribution in [0.3, 0.4) is 0 Å².